The van der Waals surface area contributed by atoms with E-state index in [-0.39, 0.29) is 24.0 Å². The van der Waals surface area contributed by atoms with E-state index in [1.165, 1.54) is 11.3 Å². The van der Waals surface area contributed by atoms with Crippen molar-refractivity contribution in [3.05, 3.63) is 53.3 Å². The van der Waals surface area contributed by atoms with Crippen molar-refractivity contribution in [3.8, 4) is 0 Å². The maximum atomic E-state index is 5.95. The minimum absolute atomic E-state index is 0. The van der Waals surface area contributed by atoms with Crippen LogP contribution in [-0.2, 0) is 17.9 Å². The molecule has 1 aromatic carbocycles. The quantitative estimate of drug-likeness (QED) is 0.323. The highest BCUT2D eigenvalue weighted by Gasteiger charge is 2.25. The van der Waals surface area contributed by atoms with Gasteiger partial charge in [0.05, 0.1) is 18.9 Å². The maximum absolute atomic E-state index is 5.95. The van der Waals surface area contributed by atoms with Crippen molar-refractivity contribution < 1.29 is 4.74 Å². The molecule has 0 spiro atoms. The Morgan fingerprint density at radius 3 is 2.73 bits per heavy atom. The van der Waals surface area contributed by atoms with Gasteiger partial charge in [-0.3, -0.25) is 9.67 Å². The molecule has 6 nitrogen and oxygen atoms in total. The van der Waals surface area contributed by atoms with Gasteiger partial charge in [-0.2, -0.15) is 5.10 Å². The van der Waals surface area contributed by atoms with Gasteiger partial charge in [0.1, 0.15) is 0 Å². The summed E-state index contributed by atoms with van der Waals surface area (Å²) in [4.78, 5) is 6.85. The van der Waals surface area contributed by atoms with Crippen molar-refractivity contribution in [3.63, 3.8) is 0 Å². The van der Waals surface area contributed by atoms with Crippen LogP contribution in [0.3, 0.4) is 0 Å². The van der Waals surface area contributed by atoms with Crippen LogP contribution in [0.5, 0.6) is 0 Å². The van der Waals surface area contributed by atoms with E-state index in [9.17, 15) is 0 Å². The molecule has 0 saturated carbocycles. The lowest BCUT2D eigenvalue weighted by Crippen LogP contribution is -2.42. The topological polar surface area (TPSA) is 54.7 Å². The van der Waals surface area contributed by atoms with Crippen LogP contribution < -0.4 is 5.32 Å². The summed E-state index contributed by atoms with van der Waals surface area (Å²) in [6.45, 7) is 11.7. The molecule has 1 N–H and O–H groups in total. The molecule has 2 unspecified atom stereocenters. The normalized spacial score (nSPS) is 17.7. The molecule has 2 heterocycles. The third-order valence-corrected chi connectivity index (χ3v) is 5.46. The summed E-state index contributed by atoms with van der Waals surface area (Å²) in [6.07, 6.45) is 1.15. The van der Waals surface area contributed by atoms with E-state index in [0.717, 1.165) is 50.9 Å². The first-order valence-electron chi connectivity index (χ1n) is 10.6. The molecule has 2 atom stereocenters. The third-order valence-electron chi connectivity index (χ3n) is 5.46. The summed E-state index contributed by atoms with van der Waals surface area (Å²) in [7, 11) is 1.87. The maximum Gasteiger partial charge on any atom is 0.193 e. The number of hydrogen-bond acceptors (Lipinski definition) is 3. The number of aryl methyl sites for hydroxylation is 2. The fourth-order valence-corrected chi connectivity index (χ4v) is 3.90. The Bertz CT molecular complexity index is 792. The first-order valence-corrected chi connectivity index (χ1v) is 10.6. The van der Waals surface area contributed by atoms with Crippen molar-refractivity contribution >= 4 is 29.9 Å². The Morgan fingerprint density at radius 2 is 2.07 bits per heavy atom. The highest BCUT2D eigenvalue weighted by Crippen LogP contribution is 2.17. The molecule has 0 amide bonds. The minimum atomic E-state index is 0. The summed E-state index contributed by atoms with van der Waals surface area (Å²) in [5, 5.41) is 8.12. The average molecular weight is 525 g/mol. The largest absolute Gasteiger partial charge is 0.376 e. The SMILES string of the molecule is CN=C(NCC(C)Cn1nc(C)cc1C)N1CCC(COCc2ccccc2)C1.I. The lowest BCUT2D eigenvalue weighted by atomic mass is 10.1. The number of benzene rings is 1. The van der Waals surface area contributed by atoms with Gasteiger partial charge < -0.3 is 15.0 Å². The van der Waals surface area contributed by atoms with E-state index in [1.54, 1.807) is 0 Å². The predicted octanol–water partition coefficient (Wildman–Crippen LogP) is 3.87. The Balaban J connectivity index is 0.00000320. The molecule has 1 saturated heterocycles. The van der Waals surface area contributed by atoms with E-state index >= 15 is 0 Å². The average Bonchev–Trinajstić information content (AvgIpc) is 3.29. The number of halogens is 1. The minimum Gasteiger partial charge on any atom is -0.376 e. The smallest absolute Gasteiger partial charge is 0.193 e. The summed E-state index contributed by atoms with van der Waals surface area (Å²) >= 11 is 0. The number of nitrogens with zero attached hydrogens (tertiary/aromatic N) is 4. The van der Waals surface area contributed by atoms with Gasteiger partial charge >= 0.3 is 0 Å². The highest BCUT2D eigenvalue weighted by atomic mass is 127. The van der Waals surface area contributed by atoms with E-state index in [0.29, 0.717) is 18.4 Å². The van der Waals surface area contributed by atoms with Gasteiger partial charge in [0, 0.05) is 44.8 Å². The molecule has 1 fully saturated rings. The van der Waals surface area contributed by atoms with Crippen molar-refractivity contribution in [1.82, 2.24) is 20.0 Å². The second-order valence-electron chi connectivity index (χ2n) is 8.24. The van der Waals surface area contributed by atoms with Crippen LogP contribution in [0.2, 0.25) is 0 Å². The molecular formula is C23H36IN5O. The first-order chi connectivity index (χ1) is 14.0. The number of aliphatic imine (C=N–C) groups is 1. The molecule has 166 valence electrons. The molecule has 30 heavy (non-hydrogen) atoms. The number of aromatic nitrogens is 2. The van der Waals surface area contributed by atoms with Gasteiger partial charge in [0.2, 0.25) is 0 Å². The van der Waals surface area contributed by atoms with Gasteiger partial charge in [0.15, 0.2) is 5.96 Å². The van der Waals surface area contributed by atoms with Crippen LogP contribution in [-0.4, -0.2) is 53.9 Å². The summed E-state index contributed by atoms with van der Waals surface area (Å²) in [5.74, 6) is 2.03. The number of likely N-dealkylation sites (tertiary alicyclic amines) is 1. The molecule has 7 heteroatoms. The summed E-state index contributed by atoms with van der Waals surface area (Å²) in [5.41, 5.74) is 3.53. The number of hydrogen-bond donors (Lipinski definition) is 1. The van der Waals surface area contributed by atoms with E-state index in [4.69, 9.17) is 4.74 Å². The van der Waals surface area contributed by atoms with E-state index < -0.39 is 0 Å². The molecule has 1 aliphatic heterocycles. The van der Waals surface area contributed by atoms with Crippen molar-refractivity contribution in [2.75, 3.05) is 33.3 Å². The standard InChI is InChI=1S/C23H35N5O.HI/c1-18(14-28-20(3)12-19(2)26-28)13-25-23(24-4)27-11-10-22(15-27)17-29-16-21-8-6-5-7-9-21;/h5-9,12,18,22H,10-11,13-17H2,1-4H3,(H,24,25);1H. The van der Waals surface area contributed by atoms with Gasteiger partial charge in [0.25, 0.3) is 0 Å². The van der Waals surface area contributed by atoms with Crippen LogP contribution in [0.25, 0.3) is 0 Å². The Labute approximate surface area is 198 Å². The van der Waals surface area contributed by atoms with Crippen molar-refractivity contribution in [2.45, 2.75) is 40.3 Å². The number of guanidine groups is 1. The van der Waals surface area contributed by atoms with Gasteiger partial charge in [-0.1, -0.05) is 37.3 Å². The summed E-state index contributed by atoms with van der Waals surface area (Å²) < 4.78 is 8.04. The zero-order chi connectivity index (χ0) is 20.6. The van der Waals surface area contributed by atoms with Crippen LogP contribution in [0, 0.1) is 25.7 Å². The van der Waals surface area contributed by atoms with E-state index in [2.05, 4.69) is 69.2 Å². The molecule has 1 aliphatic rings. The van der Waals surface area contributed by atoms with Gasteiger partial charge in [-0.05, 0) is 37.8 Å². The highest BCUT2D eigenvalue weighted by molar-refractivity contribution is 14.0. The number of nitrogens with one attached hydrogen (secondary N) is 1. The Morgan fingerprint density at radius 1 is 1.30 bits per heavy atom. The fraction of sp³-hybridized carbons (Fsp3) is 0.565. The van der Waals surface area contributed by atoms with Gasteiger partial charge in [-0.25, -0.2) is 0 Å². The zero-order valence-electron chi connectivity index (χ0n) is 18.7. The second kappa shape index (κ2) is 12.3. The molecule has 1 aromatic heterocycles. The van der Waals surface area contributed by atoms with Crippen LogP contribution in [0.15, 0.2) is 41.4 Å². The molecule has 3 rings (SSSR count). The predicted molar refractivity (Wildman–Crippen MR) is 133 cm³/mol. The molecular weight excluding hydrogens is 489 g/mol. The van der Waals surface area contributed by atoms with Crippen molar-refractivity contribution in [2.24, 2.45) is 16.8 Å². The second-order valence-corrected chi connectivity index (χ2v) is 8.24. The fourth-order valence-electron chi connectivity index (χ4n) is 3.90. The Hall–Kier alpha value is -1.61. The monoisotopic (exact) mass is 525 g/mol. The first kappa shape index (κ1) is 24.7. The zero-order valence-corrected chi connectivity index (χ0v) is 21.0. The van der Waals surface area contributed by atoms with Gasteiger partial charge in [-0.15, -0.1) is 24.0 Å². The van der Waals surface area contributed by atoms with Crippen LogP contribution in [0.4, 0.5) is 0 Å². The molecule has 2 aromatic rings. The Kier molecular flexibility index (Phi) is 10.1. The number of rotatable bonds is 8. The molecule has 0 radical (unpaired) electrons. The van der Waals surface area contributed by atoms with Crippen molar-refractivity contribution in [1.29, 1.82) is 0 Å². The number of ether oxygens (including phenoxy) is 1. The lowest BCUT2D eigenvalue weighted by molar-refractivity contribution is 0.0906. The van der Waals surface area contributed by atoms with E-state index in [1.807, 2.05) is 20.0 Å². The molecule has 0 aliphatic carbocycles. The lowest BCUT2D eigenvalue weighted by Gasteiger charge is -2.23. The van der Waals surface area contributed by atoms with Crippen LogP contribution in [0.1, 0.15) is 30.3 Å². The summed E-state index contributed by atoms with van der Waals surface area (Å²) in [6, 6.07) is 12.5. The molecule has 0 bridgehead atoms. The third kappa shape index (κ3) is 7.27. The van der Waals surface area contributed by atoms with Crippen LogP contribution >= 0.6 is 24.0 Å².